The maximum atomic E-state index is 13.3. The lowest BCUT2D eigenvalue weighted by molar-refractivity contribution is -0.135. The van der Waals surface area contributed by atoms with Crippen molar-refractivity contribution in [1.82, 2.24) is 5.16 Å². The van der Waals surface area contributed by atoms with Crippen LogP contribution in [0.5, 0.6) is 5.75 Å². The minimum atomic E-state index is -0.595. The highest BCUT2D eigenvalue weighted by Crippen LogP contribution is 2.38. The molecule has 3 aromatic carbocycles. The third-order valence-corrected chi connectivity index (χ3v) is 8.17. The molecule has 0 aliphatic carbocycles. The molecular weight excluding hydrogens is 690 g/mol. The van der Waals surface area contributed by atoms with Crippen molar-refractivity contribution in [2.75, 3.05) is 71.4 Å². The van der Waals surface area contributed by atoms with E-state index in [0.717, 1.165) is 28.0 Å². The number of hydrogen-bond acceptors (Lipinski definition) is 11. The van der Waals surface area contributed by atoms with E-state index in [9.17, 15) is 9.59 Å². The predicted molar refractivity (Wildman–Crippen MR) is 196 cm³/mol. The quantitative estimate of drug-likeness (QED) is 0.0540. The topological polar surface area (TPSA) is 140 Å². The SMILES string of the molecule is CCOCCOCCOCCOCCOCCC(=O)Oc1ccc(NC(=O)C[C@@H]2N=C(Cc3ccc(Cl)cc3)c3ccccc3-c3cnoc32)cc1. The molecule has 5 rings (SSSR count). The number of rotatable bonds is 22. The first-order valence-electron chi connectivity index (χ1n) is 17.3. The van der Waals surface area contributed by atoms with Gasteiger partial charge in [0.2, 0.25) is 5.91 Å². The number of carbonyl (C=O) groups is 2. The average molecular weight is 734 g/mol. The number of aromatic nitrogens is 1. The van der Waals surface area contributed by atoms with Crippen LogP contribution in [0.15, 0.2) is 88.5 Å². The normalized spacial score (nSPS) is 13.5. The Morgan fingerprint density at radius 3 is 2.02 bits per heavy atom. The molecule has 0 unspecified atom stereocenters. The van der Waals surface area contributed by atoms with Crippen molar-refractivity contribution < 1.29 is 42.5 Å². The molecule has 2 heterocycles. The molecule has 12 nitrogen and oxygen atoms in total. The third kappa shape index (κ3) is 12.4. The molecule has 1 atom stereocenters. The second-order valence-electron chi connectivity index (χ2n) is 11.7. The van der Waals surface area contributed by atoms with Gasteiger partial charge in [-0.1, -0.05) is 53.2 Å². The fourth-order valence-corrected chi connectivity index (χ4v) is 5.53. The van der Waals surface area contributed by atoms with Crippen molar-refractivity contribution in [3.63, 3.8) is 0 Å². The first-order valence-corrected chi connectivity index (χ1v) is 17.7. The maximum absolute atomic E-state index is 13.3. The molecule has 1 aromatic heterocycles. The highest BCUT2D eigenvalue weighted by atomic mass is 35.5. The molecule has 0 spiro atoms. The lowest BCUT2D eigenvalue weighted by Gasteiger charge is -2.13. The Morgan fingerprint density at radius 2 is 1.37 bits per heavy atom. The second kappa shape index (κ2) is 21.2. The monoisotopic (exact) mass is 733 g/mol. The highest BCUT2D eigenvalue weighted by Gasteiger charge is 2.29. The first-order chi connectivity index (χ1) is 25.5. The Kier molecular flexibility index (Phi) is 15.8. The Hall–Kier alpha value is -4.43. The number of esters is 1. The molecule has 1 aliphatic rings. The number of nitrogens with zero attached hydrogens (tertiary/aromatic N) is 2. The average Bonchev–Trinajstić information content (AvgIpc) is 3.60. The van der Waals surface area contributed by atoms with Gasteiger partial charge >= 0.3 is 5.97 Å². The van der Waals surface area contributed by atoms with Gasteiger partial charge in [-0.25, -0.2) is 0 Å². The number of carbonyl (C=O) groups excluding carboxylic acids is 2. The number of amides is 1. The van der Waals surface area contributed by atoms with Crippen molar-refractivity contribution in [3.05, 3.63) is 101 Å². The van der Waals surface area contributed by atoms with Crippen molar-refractivity contribution in [1.29, 1.82) is 0 Å². The summed E-state index contributed by atoms with van der Waals surface area (Å²) in [5.41, 5.74) is 5.13. The number of ether oxygens (including phenoxy) is 6. The lowest BCUT2D eigenvalue weighted by atomic mass is 9.94. The Labute approximate surface area is 308 Å². The van der Waals surface area contributed by atoms with Gasteiger partial charge in [-0.2, -0.15) is 0 Å². The standard InChI is InChI=1S/C39H44ClN3O9/c1-2-46-17-18-48-21-22-50-24-23-49-20-19-47-16-15-38(45)51-31-13-11-30(12-14-31)42-37(44)26-36-39-34(27-41-52-39)32-5-3-4-6-33(32)35(43-36)25-28-7-9-29(40)10-8-28/h3-14,27,36H,2,15-26H2,1H3,(H,42,44)/t36-/m0/s1. The fraction of sp³-hybridized carbons (Fsp3) is 0.385. The van der Waals surface area contributed by atoms with E-state index in [-0.39, 0.29) is 25.4 Å². The number of anilines is 1. The molecule has 0 fully saturated rings. The molecule has 13 heteroatoms. The number of nitrogens with one attached hydrogen (secondary N) is 1. The summed E-state index contributed by atoms with van der Waals surface area (Å²) in [6, 6.07) is 21.6. The van der Waals surface area contributed by atoms with Crippen LogP contribution in [0.3, 0.4) is 0 Å². The van der Waals surface area contributed by atoms with Gasteiger partial charge in [-0.05, 0) is 54.4 Å². The van der Waals surface area contributed by atoms with E-state index in [1.54, 1.807) is 30.5 Å². The number of hydrogen-bond donors (Lipinski definition) is 1. The highest BCUT2D eigenvalue weighted by molar-refractivity contribution is 6.30. The van der Waals surface area contributed by atoms with E-state index in [4.69, 9.17) is 49.5 Å². The van der Waals surface area contributed by atoms with Gasteiger partial charge in [0.05, 0.1) is 78.5 Å². The number of benzene rings is 3. The zero-order valence-corrected chi connectivity index (χ0v) is 30.0. The van der Waals surface area contributed by atoms with Crippen LogP contribution in [0, 0.1) is 0 Å². The van der Waals surface area contributed by atoms with Crippen molar-refractivity contribution in [3.8, 4) is 16.9 Å². The van der Waals surface area contributed by atoms with Gasteiger partial charge in [0.15, 0.2) is 5.76 Å². The summed E-state index contributed by atoms with van der Waals surface area (Å²) >= 11 is 6.12. The molecule has 0 saturated heterocycles. The van der Waals surface area contributed by atoms with Gasteiger partial charge in [-0.3, -0.25) is 14.6 Å². The zero-order valence-electron chi connectivity index (χ0n) is 29.2. The van der Waals surface area contributed by atoms with Crippen LogP contribution < -0.4 is 10.1 Å². The molecule has 1 amide bonds. The van der Waals surface area contributed by atoms with E-state index >= 15 is 0 Å². The summed E-state index contributed by atoms with van der Waals surface area (Å²) in [6.07, 6.45) is 2.33. The van der Waals surface area contributed by atoms with E-state index < -0.39 is 12.0 Å². The van der Waals surface area contributed by atoms with Gasteiger partial charge < -0.3 is 38.3 Å². The second-order valence-corrected chi connectivity index (χ2v) is 12.1. The summed E-state index contributed by atoms with van der Waals surface area (Å²) in [5, 5.41) is 7.61. The Bertz CT molecular complexity index is 1730. The molecule has 52 heavy (non-hydrogen) atoms. The molecule has 4 aromatic rings. The van der Waals surface area contributed by atoms with Gasteiger partial charge in [0, 0.05) is 40.6 Å². The number of aliphatic imine (C=N–C) groups is 1. The van der Waals surface area contributed by atoms with E-state index in [1.165, 1.54) is 0 Å². The van der Waals surface area contributed by atoms with Crippen LogP contribution in [0.1, 0.15) is 42.7 Å². The largest absolute Gasteiger partial charge is 0.426 e. The van der Waals surface area contributed by atoms with E-state index in [2.05, 4.69) is 10.5 Å². The van der Waals surface area contributed by atoms with Crippen LogP contribution in [0.4, 0.5) is 5.69 Å². The molecular formula is C39H44ClN3O9. The zero-order chi connectivity index (χ0) is 36.4. The van der Waals surface area contributed by atoms with Crippen LogP contribution in [0.2, 0.25) is 5.02 Å². The van der Waals surface area contributed by atoms with E-state index in [1.807, 2.05) is 55.5 Å². The maximum Gasteiger partial charge on any atom is 0.313 e. The van der Waals surface area contributed by atoms with Crippen LogP contribution in [-0.4, -0.2) is 88.8 Å². The summed E-state index contributed by atoms with van der Waals surface area (Å²) in [4.78, 5) is 30.7. The van der Waals surface area contributed by atoms with Gasteiger partial charge in [0.1, 0.15) is 11.8 Å². The van der Waals surface area contributed by atoms with Gasteiger partial charge in [0.25, 0.3) is 0 Å². The summed E-state index contributed by atoms with van der Waals surface area (Å²) in [6.45, 7) is 6.63. The molecule has 1 N–H and O–H groups in total. The minimum absolute atomic E-state index is 0.0288. The van der Waals surface area contributed by atoms with Crippen molar-refractivity contribution in [2.45, 2.75) is 32.2 Å². The Balaban J connectivity index is 1.03. The van der Waals surface area contributed by atoms with Gasteiger partial charge in [-0.15, -0.1) is 0 Å². The summed E-state index contributed by atoms with van der Waals surface area (Å²) in [5.74, 6) is 0.197. The summed E-state index contributed by atoms with van der Waals surface area (Å²) < 4.78 is 38.0. The van der Waals surface area contributed by atoms with Crippen LogP contribution in [0.25, 0.3) is 11.1 Å². The lowest BCUT2D eigenvalue weighted by Crippen LogP contribution is -2.16. The van der Waals surface area contributed by atoms with Crippen LogP contribution in [-0.2, 0) is 39.7 Å². The summed E-state index contributed by atoms with van der Waals surface area (Å²) in [7, 11) is 0. The smallest absolute Gasteiger partial charge is 0.313 e. The fourth-order valence-electron chi connectivity index (χ4n) is 5.41. The molecule has 1 aliphatic heterocycles. The molecule has 0 saturated carbocycles. The van der Waals surface area contributed by atoms with Crippen LogP contribution >= 0.6 is 11.6 Å². The number of halogens is 1. The Morgan fingerprint density at radius 1 is 0.750 bits per heavy atom. The first kappa shape index (κ1) is 38.8. The molecule has 276 valence electrons. The third-order valence-electron chi connectivity index (χ3n) is 7.92. The van der Waals surface area contributed by atoms with E-state index in [0.29, 0.717) is 88.1 Å². The van der Waals surface area contributed by atoms with Crippen molar-refractivity contribution >= 4 is 34.9 Å². The minimum Gasteiger partial charge on any atom is -0.426 e. The number of fused-ring (bicyclic) bond motifs is 3. The van der Waals surface area contributed by atoms with Crippen molar-refractivity contribution in [2.24, 2.45) is 4.99 Å². The predicted octanol–water partition coefficient (Wildman–Crippen LogP) is 6.51. The molecule has 0 radical (unpaired) electrons. The molecule has 0 bridgehead atoms.